The number of hydrogen-bond donors (Lipinski definition) is 2. The summed E-state index contributed by atoms with van der Waals surface area (Å²) in [4.78, 5) is 16.0. The normalized spacial score (nSPS) is 18.7. The second-order valence-electron chi connectivity index (χ2n) is 6.14. The third-order valence-electron chi connectivity index (χ3n) is 4.34. The highest BCUT2D eigenvalue weighted by molar-refractivity contribution is 6.31. The fourth-order valence-electron chi connectivity index (χ4n) is 2.83. The average Bonchev–Trinajstić information content (AvgIpc) is 2.53. The standard InChI is InChI=1S/C16H22ClF2N3O2/c1-10(12-3-5-16(18,19)6-4-12)22-15(23)21-9-11-7-13(17)14(24-2)20-8-11/h7-8,10,12H,3-6,9H2,1-2H3,(H2,21,22,23). The van der Waals surface area contributed by atoms with E-state index in [1.807, 2.05) is 6.92 Å². The topological polar surface area (TPSA) is 63.2 Å². The molecule has 0 spiro atoms. The Labute approximate surface area is 145 Å². The van der Waals surface area contributed by atoms with Gasteiger partial charge in [0.2, 0.25) is 11.8 Å². The van der Waals surface area contributed by atoms with Crippen LogP contribution in [0.2, 0.25) is 5.02 Å². The number of rotatable bonds is 5. The van der Waals surface area contributed by atoms with Gasteiger partial charge in [0.1, 0.15) is 5.02 Å². The number of nitrogens with one attached hydrogen (secondary N) is 2. The fraction of sp³-hybridized carbons (Fsp3) is 0.625. The van der Waals surface area contributed by atoms with E-state index in [-0.39, 0.29) is 37.4 Å². The molecule has 1 aliphatic carbocycles. The van der Waals surface area contributed by atoms with E-state index in [2.05, 4.69) is 15.6 Å². The van der Waals surface area contributed by atoms with Gasteiger partial charge in [-0.2, -0.15) is 0 Å². The summed E-state index contributed by atoms with van der Waals surface area (Å²) < 4.78 is 31.3. The lowest BCUT2D eigenvalue weighted by molar-refractivity contribution is -0.0484. The van der Waals surface area contributed by atoms with Crippen molar-refractivity contribution >= 4 is 17.6 Å². The number of aromatic nitrogens is 1. The highest BCUT2D eigenvalue weighted by atomic mass is 35.5. The summed E-state index contributed by atoms with van der Waals surface area (Å²) in [6.45, 7) is 2.11. The molecule has 1 aromatic heterocycles. The minimum absolute atomic E-state index is 0.0764. The molecular weight excluding hydrogens is 340 g/mol. The molecule has 0 bridgehead atoms. The van der Waals surface area contributed by atoms with Gasteiger partial charge < -0.3 is 15.4 Å². The van der Waals surface area contributed by atoms with Crippen LogP contribution >= 0.6 is 11.6 Å². The second-order valence-corrected chi connectivity index (χ2v) is 6.55. The van der Waals surface area contributed by atoms with Crippen LogP contribution in [0.15, 0.2) is 12.3 Å². The zero-order valence-corrected chi connectivity index (χ0v) is 14.5. The largest absolute Gasteiger partial charge is 0.480 e. The first-order chi connectivity index (χ1) is 11.3. The molecule has 2 N–H and O–H groups in total. The Bertz CT molecular complexity index is 576. The molecule has 134 valence electrons. The summed E-state index contributed by atoms with van der Waals surface area (Å²) in [5.74, 6) is -2.15. The molecule has 8 heteroatoms. The van der Waals surface area contributed by atoms with Crippen molar-refractivity contribution in [3.63, 3.8) is 0 Å². The van der Waals surface area contributed by atoms with E-state index in [1.165, 1.54) is 7.11 Å². The van der Waals surface area contributed by atoms with Gasteiger partial charge in [-0.3, -0.25) is 0 Å². The molecule has 2 rings (SSSR count). The predicted octanol–water partition coefficient (Wildman–Crippen LogP) is 3.76. The van der Waals surface area contributed by atoms with E-state index in [9.17, 15) is 13.6 Å². The lowest BCUT2D eigenvalue weighted by Gasteiger charge is -2.32. The van der Waals surface area contributed by atoms with Gasteiger partial charge >= 0.3 is 6.03 Å². The summed E-state index contributed by atoms with van der Waals surface area (Å²) >= 11 is 5.98. The lowest BCUT2D eigenvalue weighted by Crippen LogP contribution is -2.45. The molecule has 24 heavy (non-hydrogen) atoms. The lowest BCUT2D eigenvalue weighted by atomic mass is 9.83. The number of carbonyl (C=O) groups is 1. The van der Waals surface area contributed by atoms with E-state index in [1.54, 1.807) is 12.3 Å². The van der Waals surface area contributed by atoms with Gasteiger partial charge in [-0.15, -0.1) is 0 Å². The van der Waals surface area contributed by atoms with Gasteiger partial charge in [-0.05, 0) is 37.3 Å². The summed E-state index contributed by atoms with van der Waals surface area (Å²) in [5, 5.41) is 5.89. The van der Waals surface area contributed by atoms with Crippen LogP contribution in [0, 0.1) is 5.92 Å². The Morgan fingerprint density at radius 3 is 2.75 bits per heavy atom. The number of urea groups is 1. The van der Waals surface area contributed by atoms with Crippen LogP contribution in [-0.2, 0) is 6.54 Å². The van der Waals surface area contributed by atoms with Crippen LogP contribution in [-0.4, -0.2) is 30.1 Å². The number of carbonyl (C=O) groups excluding carboxylic acids is 1. The van der Waals surface area contributed by atoms with E-state index >= 15 is 0 Å². The number of methoxy groups -OCH3 is 1. The maximum absolute atomic E-state index is 13.2. The molecule has 1 fully saturated rings. The Morgan fingerprint density at radius 2 is 2.17 bits per heavy atom. The van der Waals surface area contributed by atoms with Gasteiger partial charge in [0.05, 0.1) is 7.11 Å². The molecule has 1 unspecified atom stereocenters. The van der Waals surface area contributed by atoms with Crippen LogP contribution in [0.3, 0.4) is 0 Å². The Hall–Kier alpha value is -1.63. The second kappa shape index (κ2) is 7.96. The van der Waals surface area contributed by atoms with Crippen LogP contribution in [0.5, 0.6) is 5.88 Å². The molecule has 1 heterocycles. The van der Waals surface area contributed by atoms with Crippen molar-refractivity contribution in [2.75, 3.05) is 7.11 Å². The molecule has 0 saturated heterocycles. The van der Waals surface area contributed by atoms with Crippen LogP contribution in [0.1, 0.15) is 38.2 Å². The van der Waals surface area contributed by atoms with E-state index in [0.717, 1.165) is 5.56 Å². The first kappa shape index (κ1) is 18.7. The quantitative estimate of drug-likeness (QED) is 0.839. The molecule has 1 aromatic rings. The molecule has 0 aliphatic heterocycles. The molecule has 1 atom stereocenters. The SMILES string of the molecule is COc1ncc(CNC(=O)NC(C)C2CCC(F)(F)CC2)cc1Cl. The summed E-state index contributed by atoms with van der Waals surface area (Å²) in [5.41, 5.74) is 0.737. The number of pyridine rings is 1. The monoisotopic (exact) mass is 361 g/mol. The number of ether oxygens (including phenoxy) is 1. The van der Waals surface area contributed by atoms with Gasteiger partial charge in [0, 0.05) is 31.6 Å². The van der Waals surface area contributed by atoms with Gasteiger partial charge in [0.25, 0.3) is 0 Å². The maximum Gasteiger partial charge on any atom is 0.315 e. The predicted molar refractivity (Wildman–Crippen MR) is 87.5 cm³/mol. The Kier molecular flexibility index (Phi) is 6.21. The zero-order chi connectivity index (χ0) is 17.7. The average molecular weight is 362 g/mol. The zero-order valence-electron chi connectivity index (χ0n) is 13.7. The highest BCUT2D eigenvalue weighted by Crippen LogP contribution is 2.37. The van der Waals surface area contributed by atoms with Gasteiger partial charge in [0.15, 0.2) is 0 Å². The molecular formula is C16H22ClF2N3O2. The van der Waals surface area contributed by atoms with E-state index < -0.39 is 5.92 Å². The van der Waals surface area contributed by atoms with Crippen molar-refractivity contribution in [1.82, 2.24) is 15.6 Å². The fourth-order valence-corrected chi connectivity index (χ4v) is 3.10. The van der Waals surface area contributed by atoms with E-state index in [0.29, 0.717) is 23.7 Å². The third kappa shape index (κ3) is 5.19. The smallest absolute Gasteiger partial charge is 0.315 e. The molecule has 0 aromatic carbocycles. The number of amides is 2. The molecule has 2 amide bonds. The minimum atomic E-state index is -2.56. The van der Waals surface area contributed by atoms with Crippen LogP contribution < -0.4 is 15.4 Å². The van der Waals surface area contributed by atoms with Crippen molar-refractivity contribution in [2.24, 2.45) is 5.92 Å². The summed E-state index contributed by atoms with van der Waals surface area (Å²) in [7, 11) is 1.47. The highest BCUT2D eigenvalue weighted by Gasteiger charge is 2.36. The molecule has 1 saturated carbocycles. The van der Waals surface area contributed by atoms with Crippen molar-refractivity contribution in [3.05, 3.63) is 22.8 Å². The van der Waals surface area contributed by atoms with Crippen molar-refractivity contribution < 1.29 is 18.3 Å². The number of nitrogens with zero attached hydrogens (tertiary/aromatic N) is 1. The number of hydrogen-bond acceptors (Lipinski definition) is 3. The van der Waals surface area contributed by atoms with Crippen molar-refractivity contribution in [1.29, 1.82) is 0 Å². The Balaban J connectivity index is 1.78. The first-order valence-corrected chi connectivity index (χ1v) is 8.29. The van der Waals surface area contributed by atoms with Crippen molar-refractivity contribution in [2.45, 2.75) is 51.1 Å². The van der Waals surface area contributed by atoms with Crippen molar-refractivity contribution in [3.8, 4) is 5.88 Å². The molecule has 1 aliphatic rings. The minimum Gasteiger partial charge on any atom is -0.480 e. The first-order valence-electron chi connectivity index (χ1n) is 7.91. The van der Waals surface area contributed by atoms with Gasteiger partial charge in [-0.25, -0.2) is 18.6 Å². The Morgan fingerprint density at radius 1 is 1.50 bits per heavy atom. The molecule has 5 nitrogen and oxygen atoms in total. The van der Waals surface area contributed by atoms with E-state index in [4.69, 9.17) is 16.3 Å². The van der Waals surface area contributed by atoms with Gasteiger partial charge in [-0.1, -0.05) is 11.6 Å². The summed E-state index contributed by atoms with van der Waals surface area (Å²) in [6, 6.07) is 1.17. The third-order valence-corrected chi connectivity index (χ3v) is 4.61. The maximum atomic E-state index is 13.2. The van der Waals surface area contributed by atoms with Crippen LogP contribution in [0.4, 0.5) is 13.6 Å². The molecule has 0 radical (unpaired) electrons. The summed E-state index contributed by atoms with van der Waals surface area (Å²) in [6.07, 6.45) is 2.19. The number of alkyl halides is 2. The van der Waals surface area contributed by atoms with Crippen LogP contribution in [0.25, 0.3) is 0 Å². The number of halogens is 3.